The Morgan fingerprint density at radius 2 is 1.92 bits per heavy atom. The molecule has 1 fully saturated rings. The molecule has 37 heavy (non-hydrogen) atoms. The predicted molar refractivity (Wildman–Crippen MR) is 143 cm³/mol. The van der Waals surface area contributed by atoms with E-state index < -0.39 is 11.9 Å². The average Bonchev–Trinajstić information content (AvgIpc) is 3.44. The molecule has 3 aliphatic carbocycles. The number of aryl methyl sites for hydroxylation is 2. The number of anilines is 3. The maximum atomic E-state index is 11.9. The Morgan fingerprint density at radius 1 is 1.16 bits per heavy atom. The molecule has 1 heterocycles. The van der Waals surface area contributed by atoms with Crippen LogP contribution in [-0.2, 0) is 22.4 Å². The molecule has 5 atom stereocenters. The van der Waals surface area contributed by atoms with Gasteiger partial charge in [-0.2, -0.15) is 4.98 Å². The van der Waals surface area contributed by atoms with Crippen LogP contribution in [0.15, 0.2) is 30.5 Å². The second-order valence-electron chi connectivity index (χ2n) is 10.0. The van der Waals surface area contributed by atoms with Gasteiger partial charge in [0.05, 0.1) is 31.5 Å². The number of halogens is 1. The lowest BCUT2D eigenvalue weighted by atomic mass is 9.89. The summed E-state index contributed by atoms with van der Waals surface area (Å²) in [5.74, 6) is 0.391. The van der Waals surface area contributed by atoms with E-state index in [2.05, 4.69) is 44.1 Å². The summed E-state index contributed by atoms with van der Waals surface area (Å²) in [6, 6.07) is 4.41. The number of nitrogens with one attached hydrogen (secondary N) is 3. The van der Waals surface area contributed by atoms with E-state index in [0.717, 1.165) is 50.1 Å². The number of methoxy groups -OCH3 is 2. The fraction of sp³-hybridized carbons (Fsp3) is 0.519. The Balaban J connectivity index is 1.33. The third kappa shape index (κ3) is 5.54. The first-order valence-corrected chi connectivity index (χ1v) is 13.2. The summed E-state index contributed by atoms with van der Waals surface area (Å²) in [4.78, 5) is 20.9. The number of allylic oxidation sites excluding steroid dienone is 1. The molecule has 198 valence electrons. The summed E-state index contributed by atoms with van der Waals surface area (Å²) in [6.45, 7) is 1.56. The number of ether oxygens (including phenoxy) is 2. The van der Waals surface area contributed by atoms with Crippen molar-refractivity contribution in [2.75, 3.05) is 38.0 Å². The minimum atomic E-state index is -0.802. The van der Waals surface area contributed by atoms with Gasteiger partial charge in [0, 0.05) is 25.7 Å². The Bertz CT molecular complexity index is 1180. The second kappa shape index (κ2) is 11.2. The highest BCUT2D eigenvalue weighted by Crippen LogP contribution is 2.45. The summed E-state index contributed by atoms with van der Waals surface area (Å²) in [7, 11) is 3.38. The molecule has 2 aromatic rings. The van der Waals surface area contributed by atoms with Gasteiger partial charge in [-0.3, -0.25) is 4.79 Å². The Morgan fingerprint density at radius 3 is 2.65 bits per heavy atom. The van der Waals surface area contributed by atoms with Crippen molar-refractivity contribution >= 4 is 35.0 Å². The van der Waals surface area contributed by atoms with E-state index in [1.165, 1.54) is 17.3 Å². The number of hydrogen-bond acceptors (Lipinski definition) is 8. The van der Waals surface area contributed by atoms with E-state index in [0.29, 0.717) is 29.4 Å². The minimum absolute atomic E-state index is 0.0387. The number of rotatable bonds is 10. The maximum absolute atomic E-state index is 11.9. The highest BCUT2D eigenvalue weighted by atomic mass is 35.5. The van der Waals surface area contributed by atoms with Crippen molar-refractivity contribution in [1.29, 1.82) is 0 Å². The molecule has 4 N–H and O–H groups in total. The molecule has 1 aromatic carbocycles. The van der Waals surface area contributed by atoms with E-state index in [-0.39, 0.29) is 17.9 Å². The number of benzene rings is 1. The van der Waals surface area contributed by atoms with Crippen LogP contribution >= 0.6 is 11.6 Å². The van der Waals surface area contributed by atoms with Crippen LogP contribution in [0.2, 0.25) is 5.02 Å². The van der Waals surface area contributed by atoms with Gasteiger partial charge in [-0.1, -0.05) is 23.8 Å². The molecule has 2 bridgehead atoms. The van der Waals surface area contributed by atoms with Crippen molar-refractivity contribution in [2.24, 2.45) is 17.8 Å². The molecule has 1 unspecified atom stereocenters. The Labute approximate surface area is 222 Å². The normalized spacial score (nSPS) is 26.0. The SMILES string of the molecule is COCCNC1CCc2cc(Nc3ncc(Cl)c(N[C@H]4[C@@H](C(=O)O)[C@@H]5C=C[C@H]4C5)n3)c(OC)cc2CC1. The number of fused-ring (bicyclic) bond motifs is 3. The average molecular weight is 528 g/mol. The fourth-order valence-corrected chi connectivity index (χ4v) is 6.08. The highest BCUT2D eigenvalue weighted by molar-refractivity contribution is 6.32. The van der Waals surface area contributed by atoms with Crippen molar-refractivity contribution in [3.05, 3.63) is 46.6 Å². The van der Waals surface area contributed by atoms with Crippen molar-refractivity contribution in [3.8, 4) is 5.75 Å². The summed E-state index contributed by atoms with van der Waals surface area (Å²) in [5.41, 5.74) is 3.36. The van der Waals surface area contributed by atoms with Gasteiger partial charge in [-0.05, 0) is 67.2 Å². The molecule has 0 radical (unpaired) electrons. The Kier molecular flexibility index (Phi) is 7.83. The van der Waals surface area contributed by atoms with Crippen LogP contribution in [0.1, 0.15) is 30.4 Å². The number of aliphatic carboxylic acids is 1. The molecule has 3 aliphatic rings. The Hall–Kier alpha value is -2.88. The quantitative estimate of drug-likeness (QED) is 0.206. The van der Waals surface area contributed by atoms with Crippen LogP contribution in [0.3, 0.4) is 0 Å². The van der Waals surface area contributed by atoms with E-state index in [4.69, 9.17) is 21.1 Å². The third-order valence-electron chi connectivity index (χ3n) is 7.82. The molecular weight excluding hydrogens is 494 g/mol. The predicted octanol–water partition coefficient (Wildman–Crippen LogP) is 4.05. The molecule has 5 rings (SSSR count). The van der Waals surface area contributed by atoms with Crippen LogP contribution in [0, 0.1) is 17.8 Å². The largest absolute Gasteiger partial charge is 0.495 e. The van der Waals surface area contributed by atoms with Crippen LogP contribution in [0.5, 0.6) is 5.75 Å². The number of aromatic nitrogens is 2. The number of carboxylic acids is 1. The van der Waals surface area contributed by atoms with Crippen LogP contribution in [-0.4, -0.2) is 60.5 Å². The van der Waals surface area contributed by atoms with E-state index in [1.54, 1.807) is 14.2 Å². The number of hydrogen-bond donors (Lipinski definition) is 4. The lowest BCUT2D eigenvalue weighted by Gasteiger charge is -2.26. The first kappa shape index (κ1) is 25.8. The minimum Gasteiger partial charge on any atom is -0.495 e. The van der Waals surface area contributed by atoms with Gasteiger partial charge in [-0.15, -0.1) is 0 Å². The van der Waals surface area contributed by atoms with Gasteiger partial charge < -0.3 is 30.5 Å². The second-order valence-corrected chi connectivity index (χ2v) is 10.4. The van der Waals surface area contributed by atoms with Crippen LogP contribution in [0.25, 0.3) is 0 Å². The smallest absolute Gasteiger partial charge is 0.309 e. The van der Waals surface area contributed by atoms with Crippen molar-refractivity contribution in [1.82, 2.24) is 15.3 Å². The first-order valence-electron chi connectivity index (χ1n) is 12.9. The molecule has 0 saturated heterocycles. The van der Waals surface area contributed by atoms with Crippen molar-refractivity contribution < 1.29 is 19.4 Å². The molecule has 0 spiro atoms. The van der Waals surface area contributed by atoms with E-state index in [1.807, 2.05) is 6.08 Å². The molecular formula is C27H34ClN5O4. The molecule has 1 saturated carbocycles. The molecule has 0 aliphatic heterocycles. The van der Waals surface area contributed by atoms with Gasteiger partial charge in [0.15, 0.2) is 5.82 Å². The number of carbonyl (C=O) groups is 1. The maximum Gasteiger partial charge on any atom is 0.309 e. The topological polar surface area (TPSA) is 118 Å². The lowest BCUT2D eigenvalue weighted by Crippen LogP contribution is -2.38. The monoisotopic (exact) mass is 527 g/mol. The molecule has 9 nitrogen and oxygen atoms in total. The fourth-order valence-electron chi connectivity index (χ4n) is 5.93. The van der Waals surface area contributed by atoms with Gasteiger partial charge in [0.2, 0.25) is 5.95 Å². The molecule has 10 heteroatoms. The molecule has 0 amide bonds. The summed E-state index contributed by atoms with van der Waals surface area (Å²) >= 11 is 6.42. The van der Waals surface area contributed by atoms with Gasteiger partial charge in [0.25, 0.3) is 0 Å². The van der Waals surface area contributed by atoms with E-state index >= 15 is 0 Å². The first-order chi connectivity index (χ1) is 18.0. The summed E-state index contributed by atoms with van der Waals surface area (Å²) < 4.78 is 10.9. The van der Waals surface area contributed by atoms with E-state index in [9.17, 15) is 9.90 Å². The highest BCUT2D eigenvalue weighted by Gasteiger charge is 2.48. The van der Waals surface area contributed by atoms with Crippen molar-refractivity contribution in [3.63, 3.8) is 0 Å². The number of carboxylic acid groups (broad SMARTS) is 1. The zero-order valence-electron chi connectivity index (χ0n) is 21.2. The standard InChI is InChI=1S/C27H34ClN5O4/c1-36-10-9-29-19-7-5-15-12-21(22(37-2)13-16(15)6-8-19)31-27-30-14-20(28)25(33-27)32-24-18-4-3-17(11-18)23(24)26(34)35/h3-4,12-14,17-19,23-24,29H,5-11H2,1-2H3,(H,34,35)(H2,30,31,32,33)/t17-,18+,19?,23+,24-/m1/s1. The van der Waals surface area contributed by atoms with Gasteiger partial charge in [0.1, 0.15) is 10.8 Å². The molecule has 1 aromatic heterocycles. The van der Waals surface area contributed by atoms with Gasteiger partial charge in [-0.25, -0.2) is 4.98 Å². The van der Waals surface area contributed by atoms with Crippen LogP contribution in [0.4, 0.5) is 17.5 Å². The van der Waals surface area contributed by atoms with Crippen LogP contribution < -0.4 is 20.7 Å². The van der Waals surface area contributed by atoms with Gasteiger partial charge >= 0.3 is 5.97 Å². The zero-order valence-corrected chi connectivity index (χ0v) is 21.9. The summed E-state index contributed by atoms with van der Waals surface area (Å²) in [5, 5.41) is 20.3. The number of nitrogens with zero attached hydrogens (tertiary/aromatic N) is 2. The third-order valence-corrected chi connectivity index (χ3v) is 8.10. The summed E-state index contributed by atoms with van der Waals surface area (Å²) in [6.07, 6.45) is 10.5. The zero-order chi connectivity index (χ0) is 25.9. The lowest BCUT2D eigenvalue weighted by molar-refractivity contribution is -0.142. The van der Waals surface area contributed by atoms with Crippen molar-refractivity contribution in [2.45, 2.75) is 44.2 Å².